The van der Waals surface area contributed by atoms with Crippen LogP contribution >= 0.6 is 22.6 Å². The quantitative estimate of drug-likeness (QED) is 0.826. The second kappa shape index (κ2) is 6.67. The monoisotopic (exact) mass is 374 g/mol. The smallest absolute Gasteiger partial charge is 0.238 e. The Morgan fingerprint density at radius 3 is 2.47 bits per heavy atom. The molecule has 19 heavy (non-hydrogen) atoms. The Kier molecular flexibility index (Phi) is 5.18. The standard InChI is InChI=1S/C14H19IN2O2/c1-10-7-17(8-11(2)19-10)9-14(18)16-13-5-3-12(15)4-6-13/h3-6,10-11H,7-9H2,1-2H3,(H,16,18). The fourth-order valence-corrected chi connectivity index (χ4v) is 2.71. The van der Waals surface area contributed by atoms with Gasteiger partial charge in [-0.1, -0.05) is 0 Å². The van der Waals surface area contributed by atoms with Crippen LogP contribution < -0.4 is 5.32 Å². The van der Waals surface area contributed by atoms with Crippen LogP contribution in [0.1, 0.15) is 13.8 Å². The summed E-state index contributed by atoms with van der Waals surface area (Å²) in [5, 5.41) is 2.92. The Labute approximate surface area is 127 Å². The van der Waals surface area contributed by atoms with Crippen molar-refractivity contribution in [2.24, 2.45) is 0 Å². The van der Waals surface area contributed by atoms with Gasteiger partial charge in [0.15, 0.2) is 0 Å². The number of morpholine rings is 1. The minimum absolute atomic E-state index is 0.0301. The van der Waals surface area contributed by atoms with Gasteiger partial charge in [0.05, 0.1) is 18.8 Å². The Hall–Kier alpha value is -0.660. The Morgan fingerprint density at radius 2 is 1.89 bits per heavy atom. The molecule has 104 valence electrons. The lowest BCUT2D eigenvalue weighted by atomic mass is 10.2. The SMILES string of the molecule is CC1CN(CC(=O)Nc2ccc(I)cc2)CC(C)O1. The van der Waals surface area contributed by atoms with Crippen LogP contribution in [0.4, 0.5) is 5.69 Å². The summed E-state index contributed by atoms with van der Waals surface area (Å²) in [5.41, 5.74) is 0.847. The van der Waals surface area contributed by atoms with E-state index in [0.29, 0.717) is 6.54 Å². The fourth-order valence-electron chi connectivity index (χ4n) is 2.35. The summed E-state index contributed by atoms with van der Waals surface area (Å²) in [6.07, 6.45) is 0.379. The predicted molar refractivity (Wildman–Crippen MR) is 84.2 cm³/mol. The van der Waals surface area contributed by atoms with Gasteiger partial charge < -0.3 is 10.1 Å². The number of benzene rings is 1. The number of hydrogen-bond acceptors (Lipinski definition) is 3. The molecule has 0 radical (unpaired) electrons. The Balaban J connectivity index is 1.85. The summed E-state index contributed by atoms with van der Waals surface area (Å²) in [6, 6.07) is 7.80. The van der Waals surface area contributed by atoms with E-state index in [0.717, 1.165) is 22.3 Å². The van der Waals surface area contributed by atoms with Gasteiger partial charge in [0.1, 0.15) is 0 Å². The van der Waals surface area contributed by atoms with Crippen LogP contribution in [0.15, 0.2) is 24.3 Å². The van der Waals surface area contributed by atoms with Crippen LogP contribution in [-0.4, -0.2) is 42.6 Å². The molecule has 4 nitrogen and oxygen atoms in total. The number of nitrogens with zero attached hydrogens (tertiary/aromatic N) is 1. The molecular formula is C14H19IN2O2. The molecule has 0 aromatic heterocycles. The van der Waals surface area contributed by atoms with Gasteiger partial charge in [-0.2, -0.15) is 0 Å². The van der Waals surface area contributed by atoms with Crippen molar-refractivity contribution < 1.29 is 9.53 Å². The van der Waals surface area contributed by atoms with Gasteiger partial charge in [-0.15, -0.1) is 0 Å². The number of anilines is 1. The summed E-state index contributed by atoms with van der Waals surface area (Å²) in [6.45, 7) is 6.12. The van der Waals surface area contributed by atoms with Crippen molar-refractivity contribution >= 4 is 34.2 Å². The lowest BCUT2D eigenvalue weighted by Crippen LogP contribution is -2.48. The average Bonchev–Trinajstić information content (AvgIpc) is 2.30. The van der Waals surface area contributed by atoms with E-state index in [4.69, 9.17) is 4.74 Å². The van der Waals surface area contributed by atoms with Crippen LogP contribution in [0, 0.1) is 3.57 Å². The molecular weight excluding hydrogens is 355 g/mol. The molecule has 1 aliphatic heterocycles. The maximum Gasteiger partial charge on any atom is 0.238 e. The maximum atomic E-state index is 12.0. The molecule has 1 aliphatic rings. The number of rotatable bonds is 3. The van der Waals surface area contributed by atoms with Crippen molar-refractivity contribution in [3.8, 4) is 0 Å². The highest BCUT2D eigenvalue weighted by molar-refractivity contribution is 14.1. The third-order valence-corrected chi connectivity index (χ3v) is 3.71. The van der Waals surface area contributed by atoms with Crippen LogP contribution in [0.5, 0.6) is 0 Å². The van der Waals surface area contributed by atoms with Gasteiger partial charge in [-0.05, 0) is 60.7 Å². The molecule has 1 saturated heterocycles. The summed E-state index contributed by atoms with van der Waals surface area (Å²) >= 11 is 2.24. The van der Waals surface area contributed by atoms with Gasteiger partial charge in [0.2, 0.25) is 5.91 Å². The number of carbonyl (C=O) groups excluding carboxylic acids is 1. The van der Waals surface area contributed by atoms with Gasteiger partial charge in [-0.25, -0.2) is 0 Å². The molecule has 2 atom stereocenters. The van der Waals surface area contributed by atoms with E-state index in [-0.39, 0.29) is 18.1 Å². The first kappa shape index (κ1) is 14.7. The Morgan fingerprint density at radius 1 is 1.32 bits per heavy atom. The number of ether oxygens (including phenoxy) is 1. The summed E-state index contributed by atoms with van der Waals surface area (Å²) in [4.78, 5) is 14.1. The van der Waals surface area contributed by atoms with E-state index >= 15 is 0 Å². The molecule has 1 amide bonds. The van der Waals surface area contributed by atoms with E-state index in [1.807, 2.05) is 38.1 Å². The van der Waals surface area contributed by atoms with Crippen molar-refractivity contribution in [2.75, 3.05) is 25.0 Å². The molecule has 5 heteroatoms. The highest BCUT2D eigenvalue weighted by Crippen LogP contribution is 2.13. The molecule has 0 spiro atoms. The summed E-state index contributed by atoms with van der Waals surface area (Å²) in [7, 11) is 0. The number of hydrogen-bond donors (Lipinski definition) is 1. The lowest BCUT2D eigenvalue weighted by Gasteiger charge is -2.34. The van der Waals surface area contributed by atoms with E-state index < -0.39 is 0 Å². The van der Waals surface area contributed by atoms with Crippen LogP contribution in [0.3, 0.4) is 0 Å². The maximum absolute atomic E-state index is 12.0. The highest BCUT2D eigenvalue weighted by atomic mass is 127. The third kappa shape index (κ3) is 4.74. The molecule has 1 heterocycles. The number of halogens is 1. The topological polar surface area (TPSA) is 41.6 Å². The largest absolute Gasteiger partial charge is 0.373 e. The van der Waals surface area contributed by atoms with Crippen molar-refractivity contribution in [3.05, 3.63) is 27.8 Å². The molecule has 1 aromatic carbocycles. The molecule has 1 aromatic rings. The zero-order chi connectivity index (χ0) is 13.8. The molecule has 0 saturated carbocycles. The predicted octanol–water partition coefficient (Wildman–Crippen LogP) is 2.34. The molecule has 2 rings (SSSR count). The van der Waals surface area contributed by atoms with Gasteiger partial charge in [0.25, 0.3) is 0 Å². The third-order valence-electron chi connectivity index (χ3n) is 2.99. The second-order valence-corrected chi connectivity index (χ2v) is 6.25. The normalized spacial score (nSPS) is 24.2. The van der Waals surface area contributed by atoms with E-state index in [1.54, 1.807) is 0 Å². The zero-order valence-electron chi connectivity index (χ0n) is 11.2. The Bertz CT molecular complexity index is 426. The summed E-state index contributed by atoms with van der Waals surface area (Å²) in [5.74, 6) is 0.0301. The first-order valence-electron chi connectivity index (χ1n) is 6.46. The van der Waals surface area contributed by atoms with Crippen LogP contribution in [-0.2, 0) is 9.53 Å². The van der Waals surface area contributed by atoms with E-state index in [9.17, 15) is 4.79 Å². The van der Waals surface area contributed by atoms with Crippen molar-refractivity contribution in [1.82, 2.24) is 4.90 Å². The average molecular weight is 374 g/mol. The number of nitrogens with one attached hydrogen (secondary N) is 1. The van der Waals surface area contributed by atoms with Gasteiger partial charge in [0, 0.05) is 22.3 Å². The first-order chi connectivity index (χ1) is 9.02. The van der Waals surface area contributed by atoms with E-state index in [2.05, 4.69) is 32.8 Å². The number of carbonyl (C=O) groups is 1. The molecule has 2 unspecified atom stereocenters. The minimum Gasteiger partial charge on any atom is -0.373 e. The van der Waals surface area contributed by atoms with Crippen LogP contribution in [0.25, 0.3) is 0 Å². The van der Waals surface area contributed by atoms with E-state index in [1.165, 1.54) is 0 Å². The van der Waals surface area contributed by atoms with Crippen molar-refractivity contribution in [2.45, 2.75) is 26.1 Å². The van der Waals surface area contributed by atoms with Crippen molar-refractivity contribution in [1.29, 1.82) is 0 Å². The number of amides is 1. The zero-order valence-corrected chi connectivity index (χ0v) is 13.4. The highest BCUT2D eigenvalue weighted by Gasteiger charge is 2.23. The molecule has 1 N–H and O–H groups in total. The molecule has 0 aliphatic carbocycles. The van der Waals surface area contributed by atoms with Crippen LogP contribution in [0.2, 0.25) is 0 Å². The van der Waals surface area contributed by atoms with Crippen molar-refractivity contribution in [3.63, 3.8) is 0 Å². The second-order valence-electron chi connectivity index (χ2n) is 5.01. The molecule has 1 fully saturated rings. The van der Waals surface area contributed by atoms with Gasteiger partial charge >= 0.3 is 0 Å². The summed E-state index contributed by atoms with van der Waals surface area (Å²) < 4.78 is 6.81. The van der Waals surface area contributed by atoms with Gasteiger partial charge in [-0.3, -0.25) is 9.69 Å². The first-order valence-corrected chi connectivity index (χ1v) is 7.54. The fraction of sp³-hybridized carbons (Fsp3) is 0.500. The lowest BCUT2D eigenvalue weighted by molar-refractivity contribution is -0.121. The molecule has 0 bridgehead atoms. The minimum atomic E-state index is 0.0301.